The predicted octanol–water partition coefficient (Wildman–Crippen LogP) is 4.01. The lowest BCUT2D eigenvalue weighted by atomic mass is 9.40. The molecule has 23 heavy (non-hydrogen) atoms. The van der Waals surface area contributed by atoms with Crippen molar-refractivity contribution in [1.29, 1.82) is 0 Å². The first-order valence-electron chi connectivity index (χ1n) is 9.36. The summed E-state index contributed by atoms with van der Waals surface area (Å²) < 4.78 is 0. The number of carboxylic acid groups (broad SMARTS) is 1. The number of aliphatic hydroxyl groups is 1. The van der Waals surface area contributed by atoms with E-state index >= 15 is 0 Å². The first kappa shape index (κ1) is 15.7. The Morgan fingerprint density at radius 2 is 1.87 bits per heavy atom. The summed E-state index contributed by atoms with van der Waals surface area (Å²) in [5, 5.41) is 20.9. The van der Waals surface area contributed by atoms with E-state index in [-0.39, 0.29) is 22.9 Å². The highest BCUT2D eigenvalue weighted by molar-refractivity contribution is 5.75. The van der Waals surface area contributed by atoms with Crippen molar-refractivity contribution in [3.8, 4) is 0 Å². The van der Waals surface area contributed by atoms with Crippen LogP contribution in [0.25, 0.3) is 0 Å². The molecule has 3 nitrogen and oxygen atoms in total. The van der Waals surface area contributed by atoms with Crippen molar-refractivity contribution in [3.63, 3.8) is 0 Å². The van der Waals surface area contributed by atoms with Gasteiger partial charge in [0.25, 0.3) is 0 Å². The van der Waals surface area contributed by atoms with Crippen LogP contribution in [0.5, 0.6) is 0 Å². The van der Waals surface area contributed by atoms with Crippen LogP contribution in [0.3, 0.4) is 0 Å². The lowest BCUT2D eigenvalue weighted by Crippen LogP contribution is -2.60. The van der Waals surface area contributed by atoms with Gasteiger partial charge in [0, 0.05) is 5.41 Å². The van der Waals surface area contributed by atoms with Crippen molar-refractivity contribution >= 4 is 5.97 Å². The lowest BCUT2D eigenvalue weighted by Gasteiger charge is -2.63. The maximum Gasteiger partial charge on any atom is 0.309 e. The van der Waals surface area contributed by atoms with Gasteiger partial charge in [0.1, 0.15) is 0 Å². The summed E-state index contributed by atoms with van der Waals surface area (Å²) in [5.41, 5.74) is 0.514. The van der Waals surface area contributed by atoms with Gasteiger partial charge in [0.15, 0.2) is 0 Å². The molecular formula is C20H30O3. The van der Waals surface area contributed by atoms with E-state index in [0.717, 1.165) is 56.9 Å². The van der Waals surface area contributed by atoms with Crippen molar-refractivity contribution in [3.05, 3.63) is 12.2 Å². The molecule has 2 bridgehead atoms. The molecule has 0 amide bonds. The number of carboxylic acids is 1. The highest BCUT2D eigenvalue weighted by atomic mass is 16.4. The van der Waals surface area contributed by atoms with E-state index in [1.807, 2.05) is 6.92 Å². The van der Waals surface area contributed by atoms with Gasteiger partial charge >= 0.3 is 5.97 Å². The van der Waals surface area contributed by atoms with Crippen LogP contribution in [-0.4, -0.2) is 22.3 Å². The van der Waals surface area contributed by atoms with Crippen molar-refractivity contribution < 1.29 is 15.0 Å². The molecule has 0 aromatic carbocycles. The summed E-state index contributed by atoms with van der Waals surface area (Å²) >= 11 is 0. The molecule has 1 spiro atoms. The van der Waals surface area contributed by atoms with Crippen LogP contribution in [-0.2, 0) is 4.79 Å². The molecule has 128 valence electrons. The van der Waals surface area contributed by atoms with E-state index in [4.69, 9.17) is 0 Å². The Labute approximate surface area is 139 Å². The molecule has 4 fully saturated rings. The fourth-order valence-corrected chi connectivity index (χ4v) is 7.62. The molecular weight excluding hydrogens is 288 g/mol. The Balaban J connectivity index is 1.78. The SMILES string of the molecule is C=C1[C@@H]2CC[C@H]3[C@]4(C)CCC[C@@](C)(C(=O)O)[C@@H]4CC[C@]3(C2)[C@H]1O. The van der Waals surface area contributed by atoms with Gasteiger partial charge in [0.2, 0.25) is 0 Å². The monoisotopic (exact) mass is 318 g/mol. The summed E-state index contributed by atoms with van der Waals surface area (Å²) in [6.45, 7) is 8.53. The summed E-state index contributed by atoms with van der Waals surface area (Å²) in [5.74, 6) is 0.581. The number of aliphatic carboxylic acids is 1. The van der Waals surface area contributed by atoms with E-state index in [0.29, 0.717) is 11.8 Å². The van der Waals surface area contributed by atoms with Gasteiger partial charge in [-0.25, -0.2) is 0 Å². The van der Waals surface area contributed by atoms with Crippen molar-refractivity contribution in [1.82, 2.24) is 0 Å². The van der Waals surface area contributed by atoms with Crippen molar-refractivity contribution in [2.24, 2.45) is 34.0 Å². The molecule has 7 atom stereocenters. The van der Waals surface area contributed by atoms with Crippen LogP contribution in [0, 0.1) is 34.0 Å². The van der Waals surface area contributed by atoms with Crippen LogP contribution >= 0.6 is 0 Å². The molecule has 0 heterocycles. The zero-order valence-corrected chi connectivity index (χ0v) is 14.5. The maximum absolute atomic E-state index is 12.0. The largest absolute Gasteiger partial charge is 0.481 e. The predicted molar refractivity (Wildman–Crippen MR) is 88.8 cm³/mol. The van der Waals surface area contributed by atoms with E-state index < -0.39 is 11.4 Å². The number of fused-ring (bicyclic) bond motifs is 3. The number of aliphatic hydroxyl groups excluding tert-OH is 1. The molecule has 4 aliphatic rings. The van der Waals surface area contributed by atoms with Gasteiger partial charge in [0.05, 0.1) is 11.5 Å². The second kappa shape index (κ2) is 4.62. The van der Waals surface area contributed by atoms with Crippen LogP contribution < -0.4 is 0 Å². The van der Waals surface area contributed by atoms with Crippen LogP contribution in [0.1, 0.15) is 65.2 Å². The first-order chi connectivity index (χ1) is 10.8. The van der Waals surface area contributed by atoms with E-state index in [1.165, 1.54) is 0 Å². The molecule has 4 aliphatic carbocycles. The van der Waals surface area contributed by atoms with Gasteiger partial charge in [-0.05, 0) is 80.6 Å². The number of hydrogen-bond acceptors (Lipinski definition) is 2. The van der Waals surface area contributed by atoms with Crippen LogP contribution in [0.15, 0.2) is 12.2 Å². The molecule has 0 unspecified atom stereocenters. The van der Waals surface area contributed by atoms with Crippen molar-refractivity contribution in [2.45, 2.75) is 71.3 Å². The Morgan fingerprint density at radius 1 is 1.13 bits per heavy atom. The third-order valence-electron chi connectivity index (χ3n) is 8.70. The molecule has 4 saturated carbocycles. The zero-order valence-electron chi connectivity index (χ0n) is 14.5. The highest BCUT2D eigenvalue weighted by Gasteiger charge is 2.67. The summed E-state index contributed by atoms with van der Waals surface area (Å²) in [4.78, 5) is 12.0. The average Bonchev–Trinajstić information content (AvgIpc) is 2.68. The standard InChI is InChI=1S/C20H30O3/c1-12-13-5-6-15-18(2)8-4-9-19(3,17(22)23)14(18)7-10-20(15,11-13)16(12)21/h13-16,21H,1,4-11H2,2-3H3,(H,22,23)/t13-,14-,15+,16+,18-,19-,20-/m1/s1. The van der Waals surface area contributed by atoms with Gasteiger partial charge in [-0.15, -0.1) is 0 Å². The molecule has 0 saturated heterocycles. The van der Waals surface area contributed by atoms with E-state index in [9.17, 15) is 15.0 Å². The minimum Gasteiger partial charge on any atom is -0.481 e. The quantitative estimate of drug-likeness (QED) is 0.718. The average molecular weight is 318 g/mol. The molecule has 3 heteroatoms. The molecule has 0 radical (unpaired) electrons. The zero-order chi connectivity index (χ0) is 16.6. The first-order valence-corrected chi connectivity index (χ1v) is 9.36. The molecule has 0 aromatic rings. The molecule has 2 N–H and O–H groups in total. The molecule has 0 aliphatic heterocycles. The number of carbonyl (C=O) groups is 1. The third kappa shape index (κ3) is 1.72. The van der Waals surface area contributed by atoms with Gasteiger partial charge in [-0.3, -0.25) is 4.79 Å². The fourth-order valence-electron chi connectivity index (χ4n) is 7.62. The Kier molecular flexibility index (Phi) is 3.15. The second-order valence-corrected chi connectivity index (χ2v) is 9.41. The van der Waals surface area contributed by atoms with Crippen molar-refractivity contribution in [2.75, 3.05) is 0 Å². The van der Waals surface area contributed by atoms with Gasteiger partial charge in [-0.2, -0.15) is 0 Å². The minimum absolute atomic E-state index is 0.0119. The molecule has 0 aromatic heterocycles. The van der Waals surface area contributed by atoms with Crippen LogP contribution in [0.4, 0.5) is 0 Å². The maximum atomic E-state index is 12.0. The Morgan fingerprint density at radius 3 is 2.57 bits per heavy atom. The topological polar surface area (TPSA) is 57.5 Å². The van der Waals surface area contributed by atoms with E-state index in [1.54, 1.807) is 0 Å². The third-order valence-corrected chi connectivity index (χ3v) is 8.70. The normalized spacial score (nSPS) is 55.2. The number of hydrogen-bond donors (Lipinski definition) is 2. The van der Waals surface area contributed by atoms with Crippen LogP contribution in [0.2, 0.25) is 0 Å². The molecule has 4 rings (SSSR count). The summed E-state index contributed by atoms with van der Waals surface area (Å²) in [7, 11) is 0. The Bertz CT molecular complexity index is 569. The van der Waals surface area contributed by atoms with Gasteiger partial charge < -0.3 is 10.2 Å². The smallest absolute Gasteiger partial charge is 0.309 e. The highest BCUT2D eigenvalue weighted by Crippen LogP contribution is 2.72. The minimum atomic E-state index is -0.616. The lowest BCUT2D eigenvalue weighted by molar-refractivity contribution is -0.190. The number of rotatable bonds is 1. The fraction of sp³-hybridized carbons (Fsp3) is 0.850. The van der Waals surface area contributed by atoms with Gasteiger partial charge in [-0.1, -0.05) is 19.9 Å². The summed E-state index contributed by atoms with van der Waals surface area (Å²) in [6.07, 6.45) is 7.86. The van der Waals surface area contributed by atoms with E-state index in [2.05, 4.69) is 13.5 Å². The second-order valence-electron chi connectivity index (χ2n) is 9.41. The summed E-state index contributed by atoms with van der Waals surface area (Å²) in [6, 6.07) is 0. The Hall–Kier alpha value is -0.830.